The van der Waals surface area contributed by atoms with E-state index in [2.05, 4.69) is 27.3 Å². The van der Waals surface area contributed by atoms with E-state index in [1.165, 1.54) is 0 Å². The van der Waals surface area contributed by atoms with Gasteiger partial charge in [-0.25, -0.2) is 9.31 Å². The first kappa shape index (κ1) is 19.2. The molecule has 0 fully saturated rings. The highest BCUT2D eigenvalue weighted by atomic mass is 16.6. The van der Waals surface area contributed by atoms with Gasteiger partial charge in [0.05, 0.1) is 17.8 Å². The molecule has 4 aromatic rings. The molecular weight excluding hydrogens is 378 g/mol. The van der Waals surface area contributed by atoms with Crippen molar-refractivity contribution >= 4 is 5.91 Å². The van der Waals surface area contributed by atoms with Crippen LogP contribution in [0.3, 0.4) is 0 Å². The summed E-state index contributed by atoms with van der Waals surface area (Å²) in [4.78, 5) is 14.6. The highest BCUT2D eigenvalue weighted by Gasteiger charge is 2.17. The lowest BCUT2D eigenvalue weighted by molar-refractivity contribution is 0.0782. The Morgan fingerprint density at radius 1 is 1.10 bits per heavy atom. The fourth-order valence-corrected chi connectivity index (χ4v) is 2.95. The van der Waals surface area contributed by atoms with E-state index < -0.39 is 0 Å². The summed E-state index contributed by atoms with van der Waals surface area (Å²) in [5.41, 5.74) is 4.23. The van der Waals surface area contributed by atoms with Crippen LogP contribution in [0.15, 0.2) is 71.6 Å². The van der Waals surface area contributed by atoms with Gasteiger partial charge >= 0.3 is 0 Å². The Labute approximate surface area is 173 Å². The fraction of sp³-hybridized carbons (Fsp3) is 0.130. The number of aromatic nitrogens is 4. The molecule has 0 aliphatic carbocycles. The number of amides is 1. The van der Waals surface area contributed by atoms with Crippen molar-refractivity contribution in [1.82, 2.24) is 25.0 Å². The van der Waals surface area contributed by atoms with Gasteiger partial charge in [-0.3, -0.25) is 4.79 Å². The lowest BCUT2D eigenvalue weighted by Crippen LogP contribution is -2.26. The Hall–Kier alpha value is -4.18. The lowest BCUT2D eigenvalue weighted by Gasteiger charge is -2.16. The summed E-state index contributed by atoms with van der Waals surface area (Å²) in [7, 11) is 1.72. The van der Waals surface area contributed by atoms with Crippen molar-refractivity contribution < 1.29 is 9.42 Å². The zero-order chi connectivity index (χ0) is 20.9. The summed E-state index contributed by atoms with van der Waals surface area (Å²) in [6, 6.07) is 17.0. The minimum atomic E-state index is -0.146. The number of aryl methyl sites for hydroxylation is 1. The van der Waals surface area contributed by atoms with Crippen molar-refractivity contribution in [3.8, 4) is 17.5 Å². The molecular formula is C23H19N5O2. The molecule has 0 aliphatic heterocycles. The summed E-state index contributed by atoms with van der Waals surface area (Å²) in [5, 5.41) is 11.9. The zero-order valence-electron chi connectivity index (χ0n) is 16.6. The van der Waals surface area contributed by atoms with Crippen molar-refractivity contribution in [2.75, 3.05) is 7.05 Å². The summed E-state index contributed by atoms with van der Waals surface area (Å²) in [5.74, 6) is 6.20. The fourth-order valence-electron chi connectivity index (χ4n) is 2.95. The maximum atomic E-state index is 13.0. The molecule has 1 amide bonds. The molecule has 7 heteroatoms. The smallest absolute Gasteiger partial charge is 0.253 e. The van der Waals surface area contributed by atoms with E-state index in [0.717, 1.165) is 11.3 Å². The van der Waals surface area contributed by atoms with Gasteiger partial charge in [-0.05, 0) is 43.3 Å². The summed E-state index contributed by atoms with van der Waals surface area (Å²) >= 11 is 0. The van der Waals surface area contributed by atoms with Crippen LogP contribution in [0.25, 0.3) is 5.69 Å². The molecule has 4 rings (SSSR count). The molecule has 0 saturated carbocycles. The molecule has 2 aromatic carbocycles. The third-order valence-corrected chi connectivity index (χ3v) is 4.59. The first-order valence-electron chi connectivity index (χ1n) is 9.36. The van der Waals surface area contributed by atoms with Crippen LogP contribution in [0.2, 0.25) is 0 Å². The van der Waals surface area contributed by atoms with E-state index in [1.54, 1.807) is 41.9 Å². The molecule has 0 radical (unpaired) electrons. The Kier molecular flexibility index (Phi) is 5.39. The predicted octanol–water partition coefficient (Wildman–Crippen LogP) is 3.24. The SMILES string of the molecule is Cc1nonc1CN(C)C(=O)c1ccc(-n2cccn2)c(C#Cc2ccccc2)c1. The molecule has 7 nitrogen and oxygen atoms in total. The third-order valence-electron chi connectivity index (χ3n) is 4.59. The Balaban J connectivity index is 1.67. The molecule has 2 aromatic heterocycles. The Morgan fingerprint density at radius 2 is 1.93 bits per heavy atom. The number of hydrogen-bond acceptors (Lipinski definition) is 5. The van der Waals surface area contributed by atoms with Crippen LogP contribution >= 0.6 is 0 Å². The second-order valence-corrected chi connectivity index (χ2v) is 6.76. The highest BCUT2D eigenvalue weighted by Crippen LogP contribution is 2.18. The monoisotopic (exact) mass is 397 g/mol. The highest BCUT2D eigenvalue weighted by molar-refractivity contribution is 5.94. The van der Waals surface area contributed by atoms with Gasteiger partial charge in [-0.2, -0.15) is 5.10 Å². The van der Waals surface area contributed by atoms with E-state index in [-0.39, 0.29) is 5.91 Å². The van der Waals surface area contributed by atoms with Crippen LogP contribution in [0.5, 0.6) is 0 Å². The largest absolute Gasteiger partial charge is 0.336 e. The zero-order valence-corrected chi connectivity index (χ0v) is 16.6. The molecule has 0 N–H and O–H groups in total. The molecule has 2 heterocycles. The van der Waals surface area contributed by atoms with Gasteiger partial charge in [-0.15, -0.1) is 0 Å². The number of hydrogen-bond donors (Lipinski definition) is 0. The molecule has 148 valence electrons. The van der Waals surface area contributed by atoms with Crippen molar-refractivity contribution in [1.29, 1.82) is 0 Å². The van der Waals surface area contributed by atoms with Crippen LogP contribution in [0.4, 0.5) is 0 Å². The minimum Gasteiger partial charge on any atom is -0.336 e. The van der Waals surface area contributed by atoms with E-state index in [4.69, 9.17) is 4.63 Å². The topological polar surface area (TPSA) is 77.0 Å². The molecule has 30 heavy (non-hydrogen) atoms. The van der Waals surface area contributed by atoms with E-state index >= 15 is 0 Å². The molecule has 0 saturated heterocycles. The Bertz CT molecular complexity index is 1220. The van der Waals surface area contributed by atoms with Gasteiger partial charge in [-0.1, -0.05) is 40.4 Å². The first-order chi connectivity index (χ1) is 14.6. The van der Waals surface area contributed by atoms with Crippen LogP contribution in [-0.2, 0) is 6.54 Å². The van der Waals surface area contributed by atoms with Crippen molar-refractivity contribution in [2.45, 2.75) is 13.5 Å². The predicted molar refractivity (Wildman–Crippen MR) is 111 cm³/mol. The van der Waals surface area contributed by atoms with Crippen LogP contribution in [-0.4, -0.2) is 37.9 Å². The second kappa shape index (κ2) is 8.45. The van der Waals surface area contributed by atoms with Gasteiger partial charge < -0.3 is 4.90 Å². The molecule has 0 spiro atoms. The van der Waals surface area contributed by atoms with Gasteiger partial charge in [0.2, 0.25) is 0 Å². The van der Waals surface area contributed by atoms with Crippen LogP contribution in [0, 0.1) is 18.8 Å². The van der Waals surface area contributed by atoms with Gasteiger partial charge in [0.25, 0.3) is 5.91 Å². The quantitative estimate of drug-likeness (QED) is 0.494. The number of nitrogens with zero attached hydrogens (tertiary/aromatic N) is 5. The molecule has 0 aliphatic rings. The number of carbonyl (C=O) groups excluding carboxylic acids is 1. The van der Waals surface area contributed by atoms with E-state index in [1.807, 2.05) is 48.7 Å². The van der Waals surface area contributed by atoms with E-state index in [9.17, 15) is 4.79 Å². The number of carbonyl (C=O) groups is 1. The summed E-state index contributed by atoms with van der Waals surface area (Å²) in [6.07, 6.45) is 3.55. The second-order valence-electron chi connectivity index (χ2n) is 6.76. The number of rotatable bonds is 4. The molecule has 0 bridgehead atoms. The maximum Gasteiger partial charge on any atom is 0.253 e. The van der Waals surface area contributed by atoms with Gasteiger partial charge in [0.15, 0.2) is 0 Å². The lowest BCUT2D eigenvalue weighted by atomic mass is 10.1. The normalized spacial score (nSPS) is 10.3. The van der Waals surface area contributed by atoms with Crippen LogP contribution in [0.1, 0.15) is 32.9 Å². The minimum absolute atomic E-state index is 0.146. The van der Waals surface area contributed by atoms with Crippen molar-refractivity contribution in [3.05, 3.63) is 95.1 Å². The number of benzene rings is 2. The average molecular weight is 397 g/mol. The van der Waals surface area contributed by atoms with Crippen molar-refractivity contribution in [2.24, 2.45) is 0 Å². The van der Waals surface area contributed by atoms with Crippen molar-refractivity contribution in [3.63, 3.8) is 0 Å². The molecule has 0 atom stereocenters. The third kappa shape index (κ3) is 4.13. The van der Waals surface area contributed by atoms with Gasteiger partial charge in [0.1, 0.15) is 11.4 Å². The van der Waals surface area contributed by atoms with Gasteiger partial charge in [0, 0.05) is 30.6 Å². The average Bonchev–Trinajstić information content (AvgIpc) is 3.44. The Morgan fingerprint density at radius 3 is 2.63 bits per heavy atom. The standard InChI is InChI=1S/C23H19N5O2/c1-17-21(26-30-25-17)16-27(2)23(29)20-11-12-22(28-14-6-13-24-28)19(15-20)10-9-18-7-4-3-5-8-18/h3-8,11-15H,16H2,1-2H3. The summed E-state index contributed by atoms with van der Waals surface area (Å²) < 4.78 is 6.45. The molecule has 0 unspecified atom stereocenters. The van der Waals surface area contributed by atoms with Crippen LogP contribution < -0.4 is 0 Å². The van der Waals surface area contributed by atoms with E-state index in [0.29, 0.717) is 29.1 Å². The summed E-state index contributed by atoms with van der Waals surface area (Å²) in [6.45, 7) is 2.10. The maximum absolute atomic E-state index is 13.0. The first-order valence-corrected chi connectivity index (χ1v) is 9.36.